The van der Waals surface area contributed by atoms with Gasteiger partial charge in [-0.3, -0.25) is 4.79 Å². The van der Waals surface area contributed by atoms with Crippen molar-refractivity contribution < 1.29 is 27.5 Å². The smallest absolute Gasteiger partial charge is 0.408 e. The molecular formula is C21H33N3O6S. The second-order valence-electron chi connectivity index (χ2n) is 8.50. The van der Waals surface area contributed by atoms with Gasteiger partial charge in [-0.15, -0.1) is 0 Å². The van der Waals surface area contributed by atoms with Crippen LogP contribution in [0.3, 0.4) is 0 Å². The van der Waals surface area contributed by atoms with Gasteiger partial charge in [-0.05, 0) is 51.3 Å². The van der Waals surface area contributed by atoms with Crippen molar-refractivity contribution in [3.8, 4) is 5.75 Å². The number of alkyl carbamates (subject to hydrolysis) is 1. The van der Waals surface area contributed by atoms with Gasteiger partial charge >= 0.3 is 6.09 Å². The second-order valence-corrected chi connectivity index (χ2v) is 10.5. The van der Waals surface area contributed by atoms with E-state index in [2.05, 4.69) is 10.6 Å². The zero-order chi connectivity index (χ0) is 23.1. The van der Waals surface area contributed by atoms with E-state index in [1.165, 1.54) is 4.31 Å². The lowest BCUT2D eigenvalue weighted by molar-refractivity contribution is -0.122. The van der Waals surface area contributed by atoms with Crippen LogP contribution < -0.4 is 15.4 Å². The van der Waals surface area contributed by atoms with Crippen molar-refractivity contribution in [3.63, 3.8) is 0 Å². The van der Waals surface area contributed by atoms with E-state index in [-0.39, 0.29) is 6.54 Å². The third-order valence-corrected chi connectivity index (χ3v) is 6.63. The number of benzene rings is 1. The Hall–Kier alpha value is -2.33. The molecule has 1 aromatic carbocycles. The quantitative estimate of drug-likeness (QED) is 0.620. The molecule has 0 aliphatic carbocycles. The molecule has 2 rings (SSSR count). The van der Waals surface area contributed by atoms with Crippen LogP contribution >= 0.6 is 0 Å². The van der Waals surface area contributed by atoms with Crippen molar-refractivity contribution in [2.45, 2.75) is 58.2 Å². The van der Waals surface area contributed by atoms with Crippen LogP contribution in [0.2, 0.25) is 0 Å². The van der Waals surface area contributed by atoms with Crippen LogP contribution in [0, 0.1) is 0 Å². The van der Waals surface area contributed by atoms with Crippen molar-refractivity contribution in [1.82, 2.24) is 14.9 Å². The molecule has 1 atom stereocenters. The number of sulfonamides is 1. The minimum Gasteiger partial charge on any atom is -0.497 e. The highest BCUT2D eigenvalue weighted by Gasteiger charge is 2.33. The van der Waals surface area contributed by atoms with Crippen molar-refractivity contribution in [2.24, 2.45) is 0 Å². The predicted molar refractivity (Wildman–Crippen MR) is 117 cm³/mol. The first-order valence-electron chi connectivity index (χ1n) is 10.4. The lowest BCUT2D eigenvalue weighted by Gasteiger charge is -2.28. The Morgan fingerprint density at radius 2 is 1.71 bits per heavy atom. The number of nitrogens with zero attached hydrogens (tertiary/aromatic N) is 1. The van der Waals surface area contributed by atoms with Crippen LogP contribution in [0.1, 0.15) is 45.6 Å². The van der Waals surface area contributed by atoms with Crippen molar-refractivity contribution in [1.29, 1.82) is 0 Å². The van der Waals surface area contributed by atoms with Crippen LogP contribution in [0.25, 0.3) is 0 Å². The molecule has 0 bridgehead atoms. The maximum atomic E-state index is 12.9. The number of hydrogen-bond donors (Lipinski definition) is 2. The van der Waals surface area contributed by atoms with Gasteiger partial charge in [0.1, 0.15) is 17.4 Å². The summed E-state index contributed by atoms with van der Waals surface area (Å²) in [4.78, 5) is 25.1. The number of rotatable bonds is 8. The number of carbonyl (C=O) groups excluding carboxylic acids is 2. The average molecular weight is 456 g/mol. The van der Waals surface area contributed by atoms with Crippen LogP contribution in [-0.4, -0.2) is 62.3 Å². The Labute approximate surface area is 184 Å². The fourth-order valence-electron chi connectivity index (χ4n) is 3.15. The number of amides is 2. The molecule has 174 valence electrons. The summed E-state index contributed by atoms with van der Waals surface area (Å²) >= 11 is 0. The first kappa shape index (κ1) is 24.9. The molecule has 0 spiro atoms. The molecule has 2 amide bonds. The molecule has 1 aromatic rings. The Balaban J connectivity index is 2.09. The molecule has 1 aliphatic heterocycles. The van der Waals surface area contributed by atoms with Gasteiger partial charge in [0.05, 0.1) is 12.9 Å². The standard InChI is InChI=1S/C21H33N3O6S/c1-21(2,3)30-20(26)23-18(15-31(27,28)24-12-6-5-7-13-24)19(25)22-14-16-8-10-17(29-4)11-9-16/h8-11,18H,5-7,12-15H2,1-4H3,(H,22,25)(H,23,26). The molecule has 31 heavy (non-hydrogen) atoms. The van der Waals surface area contributed by atoms with Crippen LogP contribution in [0.15, 0.2) is 24.3 Å². The van der Waals surface area contributed by atoms with Gasteiger partial charge in [0.2, 0.25) is 15.9 Å². The summed E-state index contributed by atoms with van der Waals surface area (Å²) in [7, 11) is -2.16. The molecule has 0 aromatic heterocycles. The SMILES string of the molecule is COc1ccc(CNC(=O)C(CS(=O)(=O)N2CCCCC2)NC(=O)OC(C)(C)C)cc1. The zero-order valence-corrected chi connectivity index (χ0v) is 19.5. The number of carbonyl (C=O) groups is 2. The number of piperidine rings is 1. The first-order valence-corrected chi connectivity index (χ1v) is 12.0. The molecule has 1 saturated heterocycles. The number of hydrogen-bond acceptors (Lipinski definition) is 6. The maximum absolute atomic E-state index is 12.9. The summed E-state index contributed by atoms with van der Waals surface area (Å²) in [6, 6.07) is 5.83. The van der Waals surface area contributed by atoms with E-state index in [0.717, 1.165) is 24.8 Å². The largest absolute Gasteiger partial charge is 0.497 e. The van der Waals surface area contributed by atoms with Gasteiger partial charge in [-0.25, -0.2) is 17.5 Å². The summed E-state index contributed by atoms with van der Waals surface area (Å²) in [5.41, 5.74) is 0.0315. The Morgan fingerprint density at radius 3 is 2.26 bits per heavy atom. The third kappa shape index (κ3) is 8.37. The summed E-state index contributed by atoms with van der Waals surface area (Å²) in [5.74, 6) is -0.435. The zero-order valence-electron chi connectivity index (χ0n) is 18.6. The lowest BCUT2D eigenvalue weighted by atomic mass is 10.2. The first-order chi connectivity index (χ1) is 14.5. The van der Waals surface area contributed by atoms with Crippen molar-refractivity contribution >= 4 is 22.0 Å². The summed E-state index contributed by atoms with van der Waals surface area (Å²) in [6.07, 6.45) is 1.71. The normalized spacial score (nSPS) is 16.3. The maximum Gasteiger partial charge on any atom is 0.408 e. The minimum absolute atomic E-state index is 0.180. The van der Waals surface area contributed by atoms with Crippen LogP contribution in [0.4, 0.5) is 4.79 Å². The van der Waals surface area contributed by atoms with Gasteiger partial charge in [-0.1, -0.05) is 18.6 Å². The summed E-state index contributed by atoms with van der Waals surface area (Å²) < 4.78 is 37.4. The molecule has 2 N–H and O–H groups in total. The summed E-state index contributed by atoms with van der Waals surface area (Å²) in [6.45, 7) is 6.10. The lowest BCUT2D eigenvalue weighted by Crippen LogP contribution is -2.53. The van der Waals surface area contributed by atoms with E-state index in [1.54, 1.807) is 52.1 Å². The minimum atomic E-state index is -3.72. The van der Waals surface area contributed by atoms with Gasteiger partial charge < -0.3 is 20.1 Å². The van der Waals surface area contributed by atoms with Gasteiger partial charge in [-0.2, -0.15) is 0 Å². The fourth-order valence-corrected chi connectivity index (χ4v) is 4.83. The topological polar surface area (TPSA) is 114 Å². The van der Waals surface area contributed by atoms with Crippen molar-refractivity contribution in [2.75, 3.05) is 26.0 Å². The Bertz CT molecular complexity index is 843. The van der Waals surface area contributed by atoms with Gasteiger partial charge in [0.15, 0.2) is 0 Å². The molecule has 1 aliphatic rings. The Kier molecular flexibility index (Phi) is 8.69. The van der Waals surface area contributed by atoms with E-state index in [0.29, 0.717) is 18.8 Å². The molecule has 0 radical (unpaired) electrons. The molecule has 9 nitrogen and oxygen atoms in total. The van der Waals surface area contributed by atoms with E-state index >= 15 is 0 Å². The number of nitrogens with one attached hydrogen (secondary N) is 2. The Morgan fingerprint density at radius 1 is 1.10 bits per heavy atom. The van der Waals surface area contributed by atoms with Crippen LogP contribution in [0.5, 0.6) is 5.75 Å². The van der Waals surface area contributed by atoms with E-state index in [9.17, 15) is 18.0 Å². The monoisotopic (exact) mass is 455 g/mol. The fraction of sp³-hybridized carbons (Fsp3) is 0.619. The molecule has 10 heteroatoms. The highest BCUT2D eigenvalue weighted by Crippen LogP contribution is 2.15. The molecular weight excluding hydrogens is 422 g/mol. The second kappa shape index (κ2) is 10.8. The van der Waals surface area contributed by atoms with E-state index in [4.69, 9.17) is 9.47 Å². The number of methoxy groups -OCH3 is 1. The molecule has 1 unspecified atom stereocenters. The predicted octanol–water partition coefficient (Wildman–Crippen LogP) is 2.02. The van der Waals surface area contributed by atoms with Crippen LogP contribution in [-0.2, 0) is 26.1 Å². The van der Waals surface area contributed by atoms with Gasteiger partial charge in [0.25, 0.3) is 0 Å². The number of ether oxygens (including phenoxy) is 2. The third-order valence-electron chi connectivity index (χ3n) is 4.72. The summed E-state index contributed by atoms with van der Waals surface area (Å²) in [5, 5.41) is 5.12. The molecule has 1 heterocycles. The highest BCUT2D eigenvalue weighted by atomic mass is 32.2. The molecule has 1 fully saturated rings. The van der Waals surface area contributed by atoms with E-state index in [1.807, 2.05) is 0 Å². The van der Waals surface area contributed by atoms with Gasteiger partial charge in [0, 0.05) is 19.6 Å². The van der Waals surface area contributed by atoms with E-state index < -0.39 is 39.4 Å². The highest BCUT2D eigenvalue weighted by molar-refractivity contribution is 7.89. The average Bonchev–Trinajstić information content (AvgIpc) is 2.71. The molecule has 0 saturated carbocycles. The van der Waals surface area contributed by atoms with Crippen molar-refractivity contribution in [3.05, 3.63) is 29.8 Å².